The van der Waals surface area contributed by atoms with Gasteiger partial charge in [-0.1, -0.05) is 32.9 Å². The Kier molecular flexibility index (Phi) is 6.34. The molecule has 0 aromatic heterocycles. The van der Waals surface area contributed by atoms with Crippen LogP contribution in [0.5, 0.6) is 0 Å². The number of carbonyl (C=O) groups excluding carboxylic acids is 1. The van der Waals surface area contributed by atoms with Crippen LogP contribution >= 0.6 is 0 Å². The zero-order valence-corrected chi connectivity index (χ0v) is 12.7. The molecule has 0 saturated heterocycles. The van der Waals surface area contributed by atoms with Crippen molar-refractivity contribution >= 4 is 17.6 Å². The molecule has 4 nitrogen and oxygen atoms in total. The molecule has 0 bridgehead atoms. The highest BCUT2D eigenvalue weighted by Gasteiger charge is 2.27. The van der Waals surface area contributed by atoms with Gasteiger partial charge in [0.05, 0.1) is 11.6 Å². The number of para-hydroxylation sites is 1. The maximum absolute atomic E-state index is 14.0. The lowest BCUT2D eigenvalue weighted by molar-refractivity contribution is -0.140. The van der Waals surface area contributed by atoms with Gasteiger partial charge in [0.1, 0.15) is 5.82 Å². The van der Waals surface area contributed by atoms with Crippen molar-refractivity contribution in [2.24, 2.45) is 11.8 Å². The van der Waals surface area contributed by atoms with E-state index < -0.39 is 17.7 Å². The Balaban J connectivity index is 3.14. The number of carbonyl (C=O) groups is 2. The van der Waals surface area contributed by atoms with E-state index in [2.05, 4.69) is 0 Å². The van der Waals surface area contributed by atoms with E-state index in [0.29, 0.717) is 12.8 Å². The second-order valence-corrected chi connectivity index (χ2v) is 5.15. The molecule has 1 atom stereocenters. The van der Waals surface area contributed by atoms with Crippen molar-refractivity contribution < 1.29 is 19.1 Å². The molecular formula is C16H22FNO3. The number of carboxylic acids is 1. The van der Waals surface area contributed by atoms with Crippen LogP contribution in [-0.2, 0) is 9.59 Å². The fourth-order valence-corrected chi connectivity index (χ4v) is 2.19. The monoisotopic (exact) mass is 295 g/mol. The highest BCUT2D eigenvalue weighted by atomic mass is 19.1. The van der Waals surface area contributed by atoms with Gasteiger partial charge in [0.15, 0.2) is 0 Å². The van der Waals surface area contributed by atoms with E-state index in [-0.39, 0.29) is 24.1 Å². The van der Waals surface area contributed by atoms with Crippen LogP contribution in [0.15, 0.2) is 24.3 Å². The number of halogens is 1. The van der Waals surface area contributed by atoms with Crippen molar-refractivity contribution in [2.75, 3.05) is 11.4 Å². The average Bonchev–Trinajstić information content (AvgIpc) is 2.46. The Hall–Kier alpha value is -1.91. The summed E-state index contributed by atoms with van der Waals surface area (Å²) in [5, 5.41) is 9.05. The van der Waals surface area contributed by atoms with Crippen LogP contribution in [0.4, 0.5) is 10.1 Å². The molecule has 0 aliphatic rings. The molecule has 0 spiro atoms. The Morgan fingerprint density at radius 1 is 1.24 bits per heavy atom. The lowest BCUT2D eigenvalue weighted by Crippen LogP contribution is -2.41. The molecule has 0 aliphatic carbocycles. The minimum absolute atomic E-state index is 0.0361. The molecule has 0 aliphatic heterocycles. The smallest absolute Gasteiger partial charge is 0.308 e. The van der Waals surface area contributed by atoms with Crippen molar-refractivity contribution in [3.8, 4) is 0 Å². The van der Waals surface area contributed by atoms with E-state index in [9.17, 15) is 14.0 Å². The van der Waals surface area contributed by atoms with Crippen LogP contribution in [0.2, 0.25) is 0 Å². The standard InChI is InChI=1S/C16H22FNO3/c1-4-12(5-2)15(19)18(10-11(3)16(20)21)14-9-7-6-8-13(14)17/h6-9,11-12H,4-5,10H2,1-3H3,(H,20,21). The molecule has 0 radical (unpaired) electrons. The van der Waals surface area contributed by atoms with Crippen molar-refractivity contribution in [1.82, 2.24) is 0 Å². The zero-order chi connectivity index (χ0) is 16.0. The fourth-order valence-electron chi connectivity index (χ4n) is 2.19. The molecule has 1 unspecified atom stereocenters. The molecule has 1 amide bonds. The van der Waals surface area contributed by atoms with Gasteiger partial charge in [0.2, 0.25) is 5.91 Å². The number of aliphatic carboxylic acids is 1. The molecule has 1 N–H and O–H groups in total. The first kappa shape index (κ1) is 17.1. The number of nitrogens with zero attached hydrogens (tertiary/aromatic N) is 1. The van der Waals surface area contributed by atoms with Gasteiger partial charge >= 0.3 is 5.97 Å². The molecule has 116 valence electrons. The second-order valence-electron chi connectivity index (χ2n) is 5.15. The third-order valence-corrected chi connectivity index (χ3v) is 3.62. The van der Waals surface area contributed by atoms with Crippen LogP contribution in [0.1, 0.15) is 33.6 Å². The van der Waals surface area contributed by atoms with E-state index in [0.717, 1.165) is 0 Å². The Labute approximate surface area is 124 Å². The van der Waals surface area contributed by atoms with Crippen LogP contribution in [0, 0.1) is 17.7 Å². The Bertz CT molecular complexity index is 500. The van der Waals surface area contributed by atoms with Gasteiger partial charge in [-0.05, 0) is 25.0 Å². The van der Waals surface area contributed by atoms with Gasteiger partial charge in [-0.25, -0.2) is 4.39 Å². The third kappa shape index (κ3) is 4.28. The summed E-state index contributed by atoms with van der Waals surface area (Å²) in [5.41, 5.74) is 0.141. The molecule has 1 rings (SSSR count). The SMILES string of the molecule is CCC(CC)C(=O)N(CC(C)C(=O)O)c1ccccc1F. The fraction of sp³-hybridized carbons (Fsp3) is 0.500. The maximum Gasteiger partial charge on any atom is 0.308 e. The van der Waals surface area contributed by atoms with E-state index in [4.69, 9.17) is 5.11 Å². The molecule has 1 aromatic rings. The van der Waals surface area contributed by atoms with Crippen LogP contribution in [-0.4, -0.2) is 23.5 Å². The average molecular weight is 295 g/mol. The predicted molar refractivity (Wildman–Crippen MR) is 79.6 cm³/mol. The van der Waals surface area contributed by atoms with E-state index >= 15 is 0 Å². The Morgan fingerprint density at radius 3 is 2.29 bits per heavy atom. The summed E-state index contributed by atoms with van der Waals surface area (Å²) in [7, 11) is 0. The number of benzene rings is 1. The number of rotatable bonds is 7. The first-order valence-electron chi connectivity index (χ1n) is 7.21. The highest BCUT2D eigenvalue weighted by molar-refractivity contribution is 5.95. The zero-order valence-electron chi connectivity index (χ0n) is 12.7. The van der Waals surface area contributed by atoms with Crippen molar-refractivity contribution in [1.29, 1.82) is 0 Å². The van der Waals surface area contributed by atoms with Crippen molar-refractivity contribution in [3.63, 3.8) is 0 Å². The van der Waals surface area contributed by atoms with Gasteiger partial charge in [0, 0.05) is 12.5 Å². The maximum atomic E-state index is 14.0. The van der Waals surface area contributed by atoms with Crippen molar-refractivity contribution in [2.45, 2.75) is 33.6 Å². The summed E-state index contributed by atoms with van der Waals surface area (Å²) in [6.45, 7) is 5.26. The summed E-state index contributed by atoms with van der Waals surface area (Å²) < 4.78 is 14.0. The minimum atomic E-state index is -1.01. The lowest BCUT2D eigenvalue weighted by Gasteiger charge is -2.28. The molecule has 21 heavy (non-hydrogen) atoms. The van der Waals surface area contributed by atoms with Crippen LogP contribution < -0.4 is 4.90 Å². The van der Waals surface area contributed by atoms with Crippen molar-refractivity contribution in [3.05, 3.63) is 30.1 Å². The molecule has 0 fully saturated rings. The molecule has 0 heterocycles. The van der Waals surface area contributed by atoms with Gasteiger partial charge in [-0.15, -0.1) is 0 Å². The summed E-state index contributed by atoms with van der Waals surface area (Å²) in [6, 6.07) is 5.95. The molecule has 0 saturated carbocycles. The lowest BCUT2D eigenvalue weighted by atomic mass is 10.00. The number of hydrogen-bond donors (Lipinski definition) is 1. The molecule has 5 heteroatoms. The van der Waals surface area contributed by atoms with E-state index in [1.54, 1.807) is 12.1 Å². The highest BCUT2D eigenvalue weighted by Crippen LogP contribution is 2.24. The quantitative estimate of drug-likeness (QED) is 0.839. The first-order chi connectivity index (χ1) is 9.92. The normalized spacial score (nSPS) is 12.2. The third-order valence-electron chi connectivity index (χ3n) is 3.62. The second kappa shape index (κ2) is 7.76. The summed E-state index contributed by atoms with van der Waals surface area (Å²) >= 11 is 0. The summed E-state index contributed by atoms with van der Waals surface area (Å²) in [5.74, 6) is -2.74. The van der Waals surface area contributed by atoms with E-state index in [1.165, 1.54) is 24.0 Å². The number of amides is 1. The topological polar surface area (TPSA) is 57.6 Å². The summed E-state index contributed by atoms with van der Waals surface area (Å²) in [4.78, 5) is 24.9. The number of hydrogen-bond acceptors (Lipinski definition) is 2. The van der Waals surface area contributed by atoms with Gasteiger partial charge in [-0.3, -0.25) is 9.59 Å². The van der Waals surface area contributed by atoms with Crippen LogP contribution in [0.3, 0.4) is 0 Å². The Morgan fingerprint density at radius 2 is 1.81 bits per heavy atom. The summed E-state index contributed by atoms with van der Waals surface area (Å²) in [6.07, 6.45) is 1.28. The van der Waals surface area contributed by atoms with Gasteiger partial charge < -0.3 is 10.0 Å². The number of anilines is 1. The first-order valence-corrected chi connectivity index (χ1v) is 7.21. The van der Waals surface area contributed by atoms with Gasteiger partial charge in [-0.2, -0.15) is 0 Å². The largest absolute Gasteiger partial charge is 0.481 e. The number of carboxylic acid groups (broad SMARTS) is 1. The van der Waals surface area contributed by atoms with Gasteiger partial charge in [0.25, 0.3) is 0 Å². The minimum Gasteiger partial charge on any atom is -0.481 e. The molecule has 1 aromatic carbocycles. The molecular weight excluding hydrogens is 273 g/mol. The predicted octanol–water partition coefficient (Wildman–Crippen LogP) is 3.32. The van der Waals surface area contributed by atoms with E-state index in [1.807, 2.05) is 13.8 Å². The van der Waals surface area contributed by atoms with Crippen LogP contribution in [0.25, 0.3) is 0 Å².